The van der Waals surface area contributed by atoms with Crippen LogP contribution in [0.25, 0.3) is 0 Å². The van der Waals surface area contributed by atoms with E-state index in [-0.39, 0.29) is 19.3 Å². The standard InChI is InChI=1S/C13H17N3O4/c17-11(2-1-3-12(18)19)16-13(20)15-9-6-10-4-7-14-8-5-10/h4-5,7-8H,1-3,6,9H2,(H,18,19)(H2,15,16,17,20). The zero-order valence-electron chi connectivity index (χ0n) is 11.0. The summed E-state index contributed by atoms with van der Waals surface area (Å²) in [5.74, 6) is -1.44. The van der Waals surface area contributed by atoms with E-state index in [1.807, 2.05) is 12.1 Å². The highest BCUT2D eigenvalue weighted by Crippen LogP contribution is 1.96. The third-order valence-electron chi connectivity index (χ3n) is 2.50. The van der Waals surface area contributed by atoms with Gasteiger partial charge in [0.1, 0.15) is 0 Å². The molecule has 108 valence electrons. The number of aromatic nitrogens is 1. The van der Waals surface area contributed by atoms with E-state index in [9.17, 15) is 14.4 Å². The summed E-state index contributed by atoms with van der Waals surface area (Å²) in [6.45, 7) is 0.401. The lowest BCUT2D eigenvalue weighted by Crippen LogP contribution is -2.40. The number of pyridine rings is 1. The van der Waals surface area contributed by atoms with Crippen LogP contribution in [0, 0.1) is 0 Å². The predicted molar refractivity (Wildman–Crippen MR) is 71.0 cm³/mol. The van der Waals surface area contributed by atoms with Crippen LogP contribution in [0.5, 0.6) is 0 Å². The highest BCUT2D eigenvalue weighted by atomic mass is 16.4. The molecule has 1 aromatic rings. The molecule has 1 aromatic heterocycles. The Morgan fingerprint density at radius 3 is 2.50 bits per heavy atom. The van der Waals surface area contributed by atoms with Crippen molar-refractivity contribution in [2.45, 2.75) is 25.7 Å². The van der Waals surface area contributed by atoms with E-state index in [0.717, 1.165) is 5.56 Å². The summed E-state index contributed by atoms with van der Waals surface area (Å²) in [4.78, 5) is 36.8. The van der Waals surface area contributed by atoms with Crippen molar-refractivity contribution in [1.82, 2.24) is 15.6 Å². The van der Waals surface area contributed by atoms with E-state index >= 15 is 0 Å². The Morgan fingerprint density at radius 1 is 1.15 bits per heavy atom. The molecule has 0 saturated carbocycles. The summed E-state index contributed by atoms with van der Waals surface area (Å²) in [6.07, 6.45) is 4.12. The molecule has 1 heterocycles. The lowest BCUT2D eigenvalue weighted by atomic mass is 10.2. The first-order chi connectivity index (χ1) is 9.58. The fraction of sp³-hybridized carbons (Fsp3) is 0.385. The Hall–Kier alpha value is -2.44. The molecule has 0 unspecified atom stereocenters. The Kier molecular flexibility index (Phi) is 6.74. The molecule has 0 spiro atoms. The zero-order valence-corrected chi connectivity index (χ0v) is 11.0. The molecule has 0 atom stereocenters. The Morgan fingerprint density at radius 2 is 1.85 bits per heavy atom. The molecule has 0 aliphatic rings. The minimum Gasteiger partial charge on any atom is -0.481 e. The average molecular weight is 279 g/mol. The van der Waals surface area contributed by atoms with E-state index < -0.39 is 17.9 Å². The lowest BCUT2D eigenvalue weighted by Gasteiger charge is -2.06. The molecule has 7 nitrogen and oxygen atoms in total. The van der Waals surface area contributed by atoms with Crippen molar-refractivity contribution in [3.8, 4) is 0 Å². The number of imide groups is 1. The number of carbonyl (C=O) groups is 3. The normalized spacial score (nSPS) is 9.80. The molecule has 0 radical (unpaired) electrons. The molecule has 0 bridgehead atoms. The van der Waals surface area contributed by atoms with Crippen LogP contribution in [0.1, 0.15) is 24.8 Å². The van der Waals surface area contributed by atoms with Gasteiger partial charge in [0.2, 0.25) is 5.91 Å². The van der Waals surface area contributed by atoms with E-state index in [1.165, 1.54) is 0 Å². The topological polar surface area (TPSA) is 108 Å². The van der Waals surface area contributed by atoms with E-state index in [0.29, 0.717) is 13.0 Å². The van der Waals surface area contributed by atoms with Gasteiger partial charge in [0.15, 0.2) is 0 Å². The molecular formula is C13H17N3O4. The first kappa shape index (κ1) is 15.6. The number of carboxylic acid groups (broad SMARTS) is 1. The van der Waals surface area contributed by atoms with Gasteiger partial charge in [0.25, 0.3) is 0 Å². The molecule has 0 aromatic carbocycles. The van der Waals surface area contributed by atoms with E-state index in [2.05, 4.69) is 15.6 Å². The van der Waals surface area contributed by atoms with Gasteiger partial charge in [-0.3, -0.25) is 19.9 Å². The monoisotopic (exact) mass is 279 g/mol. The van der Waals surface area contributed by atoms with Gasteiger partial charge in [0, 0.05) is 31.8 Å². The SMILES string of the molecule is O=C(O)CCCC(=O)NC(=O)NCCc1ccncc1. The zero-order chi connectivity index (χ0) is 14.8. The summed E-state index contributed by atoms with van der Waals surface area (Å²) in [5.41, 5.74) is 1.04. The molecule has 3 N–H and O–H groups in total. The third-order valence-corrected chi connectivity index (χ3v) is 2.50. The van der Waals surface area contributed by atoms with Crippen LogP contribution in [-0.2, 0) is 16.0 Å². The highest BCUT2D eigenvalue weighted by Gasteiger charge is 2.07. The number of aliphatic carboxylic acids is 1. The number of urea groups is 1. The molecule has 7 heteroatoms. The van der Waals surface area contributed by atoms with Crippen LogP contribution in [0.4, 0.5) is 4.79 Å². The van der Waals surface area contributed by atoms with Crippen LogP contribution >= 0.6 is 0 Å². The second-order valence-corrected chi connectivity index (χ2v) is 4.16. The molecule has 0 saturated heterocycles. The second kappa shape index (κ2) is 8.63. The van der Waals surface area contributed by atoms with Crippen molar-refractivity contribution < 1.29 is 19.5 Å². The number of carboxylic acids is 1. The molecule has 20 heavy (non-hydrogen) atoms. The molecule has 0 aliphatic carbocycles. The lowest BCUT2D eigenvalue weighted by molar-refractivity contribution is -0.137. The number of carbonyl (C=O) groups excluding carboxylic acids is 2. The molecule has 0 fully saturated rings. The van der Waals surface area contributed by atoms with Gasteiger partial charge in [-0.05, 0) is 30.5 Å². The van der Waals surface area contributed by atoms with Gasteiger partial charge in [0.05, 0.1) is 0 Å². The van der Waals surface area contributed by atoms with Gasteiger partial charge in [-0.2, -0.15) is 0 Å². The summed E-state index contributed by atoms with van der Waals surface area (Å²) in [5, 5.41) is 13.1. The fourth-order valence-corrected chi connectivity index (χ4v) is 1.50. The second-order valence-electron chi connectivity index (χ2n) is 4.16. The van der Waals surface area contributed by atoms with Crippen LogP contribution in [0.15, 0.2) is 24.5 Å². The number of amides is 3. The first-order valence-corrected chi connectivity index (χ1v) is 6.26. The van der Waals surface area contributed by atoms with E-state index in [1.54, 1.807) is 12.4 Å². The largest absolute Gasteiger partial charge is 0.481 e. The number of rotatable bonds is 7. The van der Waals surface area contributed by atoms with Crippen molar-refractivity contribution in [3.63, 3.8) is 0 Å². The minimum atomic E-state index is -0.959. The number of hydrogen-bond acceptors (Lipinski definition) is 4. The maximum absolute atomic E-state index is 11.4. The Balaban J connectivity index is 2.13. The number of nitrogens with zero attached hydrogens (tertiary/aromatic N) is 1. The first-order valence-electron chi connectivity index (χ1n) is 6.26. The van der Waals surface area contributed by atoms with Gasteiger partial charge in [-0.25, -0.2) is 4.79 Å². The Labute approximate surface area is 116 Å². The summed E-state index contributed by atoms with van der Waals surface area (Å²) < 4.78 is 0. The molecule has 3 amide bonds. The summed E-state index contributed by atoms with van der Waals surface area (Å²) in [6, 6.07) is 3.12. The maximum Gasteiger partial charge on any atom is 0.321 e. The maximum atomic E-state index is 11.4. The number of hydrogen-bond donors (Lipinski definition) is 3. The quantitative estimate of drug-likeness (QED) is 0.681. The van der Waals surface area contributed by atoms with Gasteiger partial charge in [-0.15, -0.1) is 0 Å². The van der Waals surface area contributed by atoms with Gasteiger partial charge < -0.3 is 10.4 Å². The highest BCUT2D eigenvalue weighted by molar-refractivity contribution is 5.94. The molecule has 0 aliphatic heterocycles. The molecular weight excluding hydrogens is 262 g/mol. The van der Waals surface area contributed by atoms with Crippen molar-refractivity contribution in [3.05, 3.63) is 30.1 Å². The van der Waals surface area contributed by atoms with Crippen LogP contribution < -0.4 is 10.6 Å². The smallest absolute Gasteiger partial charge is 0.321 e. The number of nitrogens with one attached hydrogen (secondary N) is 2. The fourth-order valence-electron chi connectivity index (χ4n) is 1.50. The Bertz CT molecular complexity index is 462. The van der Waals surface area contributed by atoms with Crippen molar-refractivity contribution >= 4 is 17.9 Å². The minimum absolute atomic E-state index is 0.0179. The van der Waals surface area contributed by atoms with Gasteiger partial charge in [-0.1, -0.05) is 0 Å². The predicted octanol–water partition coefficient (Wildman–Crippen LogP) is 0.705. The average Bonchev–Trinajstić information content (AvgIpc) is 2.39. The van der Waals surface area contributed by atoms with Crippen LogP contribution in [-0.4, -0.2) is 34.5 Å². The summed E-state index contributed by atoms with van der Waals surface area (Å²) >= 11 is 0. The molecule has 1 rings (SSSR count). The van der Waals surface area contributed by atoms with Crippen LogP contribution in [0.3, 0.4) is 0 Å². The third kappa shape index (κ3) is 7.10. The van der Waals surface area contributed by atoms with Crippen molar-refractivity contribution in [2.75, 3.05) is 6.54 Å². The van der Waals surface area contributed by atoms with Crippen molar-refractivity contribution in [2.24, 2.45) is 0 Å². The van der Waals surface area contributed by atoms with Crippen molar-refractivity contribution in [1.29, 1.82) is 0 Å². The summed E-state index contributed by atoms with van der Waals surface area (Å²) in [7, 11) is 0. The van der Waals surface area contributed by atoms with E-state index in [4.69, 9.17) is 5.11 Å². The van der Waals surface area contributed by atoms with Gasteiger partial charge >= 0.3 is 12.0 Å². The van der Waals surface area contributed by atoms with Crippen LogP contribution in [0.2, 0.25) is 0 Å².